The van der Waals surface area contributed by atoms with Gasteiger partial charge in [0.05, 0.1) is 10.6 Å². The van der Waals surface area contributed by atoms with Crippen molar-refractivity contribution >= 4 is 27.5 Å². The summed E-state index contributed by atoms with van der Waals surface area (Å²) in [4.78, 5) is 30.6. The fourth-order valence-electron chi connectivity index (χ4n) is 6.28. The zero-order valence-corrected chi connectivity index (χ0v) is 29.2. The Morgan fingerprint density at radius 1 is 0.812 bits per heavy atom. The molecule has 252 valence electrons. The van der Waals surface area contributed by atoms with Gasteiger partial charge in [0.1, 0.15) is 12.6 Å². The molecule has 1 saturated carbocycles. The molecular formula is C40H47N3O4S. The first-order chi connectivity index (χ1) is 23.0. The number of amides is 2. The summed E-state index contributed by atoms with van der Waals surface area (Å²) < 4.78 is 29.9. The zero-order chi connectivity index (χ0) is 34.3. The van der Waals surface area contributed by atoms with Crippen LogP contribution in [-0.4, -0.2) is 43.8 Å². The molecule has 2 amide bonds. The Kier molecular flexibility index (Phi) is 11.4. The van der Waals surface area contributed by atoms with Crippen LogP contribution in [0.25, 0.3) is 0 Å². The van der Waals surface area contributed by atoms with Crippen molar-refractivity contribution < 1.29 is 18.0 Å². The Hall–Kier alpha value is -4.43. The van der Waals surface area contributed by atoms with E-state index in [-0.39, 0.29) is 29.3 Å². The molecule has 0 saturated heterocycles. The van der Waals surface area contributed by atoms with Crippen LogP contribution in [0.3, 0.4) is 0 Å². The maximum Gasteiger partial charge on any atom is 0.264 e. The van der Waals surface area contributed by atoms with Gasteiger partial charge >= 0.3 is 0 Å². The molecule has 1 atom stereocenters. The van der Waals surface area contributed by atoms with Crippen LogP contribution in [0.15, 0.2) is 108 Å². The van der Waals surface area contributed by atoms with Crippen LogP contribution in [0, 0.1) is 13.8 Å². The molecule has 8 heteroatoms. The van der Waals surface area contributed by atoms with E-state index in [0.717, 1.165) is 53.5 Å². The molecule has 1 aliphatic rings. The molecule has 1 fully saturated rings. The molecule has 4 aromatic carbocycles. The third-order valence-electron chi connectivity index (χ3n) is 9.31. The summed E-state index contributed by atoms with van der Waals surface area (Å²) in [5.41, 5.74) is 5.18. The first-order valence-electron chi connectivity index (χ1n) is 16.9. The first kappa shape index (κ1) is 34.9. The molecule has 5 rings (SSSR count). The van der Waals surface area contributed by atoms with E-state index in [9.17, 15) is 18.0 Å². The van der Waals surface area contributed by atoms with Gasteiger partial charge in [-0.2, -0.15) is 0 Å². The lowest BCUT2D eigenvalue weighted by molar-refractivity contribution is -0.140. The summed E-state index contributed by atoms with van der Waals surface area (Å²) in [6.45, 7) is 7.72. The van der Waals surface area contributed by atoms with Crippen molar-refractivity contribution in [1.82, 2.24) is 10.2 Å². The first-order valence-corrected chi connectivity index (χ1v) is 18.3. The van der Waals surface area contributed by atoms with Crippen LogP contribution < -0.4 is 9.62 Å². The minimum absolute atomic E-state index is 0.0593. The quantitative estimate of drug-likeness (QED) is 0.162. The van der Waals surface area contributed by atoms with Crippen molar-refractivity contribution in [3.63, 3.8) is 0 Å². The Morgan fingerprint density at radius 3 is 2.06 bits per heavy atom. The van der Waals surface area contributed by atoms with E-state index in [2.05, 4.69) is 19.2 Å². The molecular weight excluding hydrogens is 619 g/mol. The van der Waals surface area contributed by atoms with Gasteiger partial charge in [-0.05, 0) is 79.1 Å². The Labute approximate surface area is 286 Å². The SMILES string of the molecule is Cc1ccc(S(=O)(=O)N(CC(=O)N(Cc2ccccc2C)[C@H](Cc2ccccc2)C(=O)NC2CCCC2)c2ccc(C(C)C)cc2)cc1. The molecule has 0 unspecified atom stereocenters. The van der Waals surface area contributed by atoms with Gasteiger partial charge in [-0.1, -0.05) is 111 Å². The number of nitrogens with one attached hydrogen (secondary N) is 1. The molecule has 0 aliphatic heterocycles. The van der Waals surface area contributed by atoms with E-state index in [0.29, 0.717) is 12.1 Å². The van der Waals surface area contributed by atoms with Gasteiger partial charge in [-0.25, -0.2) is 8.42 Å². The largest absolute Gasteiger partial charge is 0.352 e. The minimum atomic E-state index is -4.15. The van der Waals surface area contributed by atoms with Gasteiger partial charge in [0.15, 0.2) is 0 Å². The summed E-state index contributed by atoms with van der Waals surface area (Å²) in [6.07, 6.45) is 4.23. The lowest BCUT2D eigenvalue weighted by atomic mass is 10.0. The molecule has 7 nitrogen and oxygen atoms in total. The van der Waals surface area contributed by atoms with Crippen LogP contribution >= 0.6 is 0 Å². The van der Waals surface area contributed by atoms with E-state index in [1.54, 1.807) is 41.3 Å². The Balaban J connectivity index is 1.58. The molecule has 0 heterocycles. The predicted octanol–water partition coefficient (Wildman–Crippen LogP) is 7.32. The topological polar surface area (TPSA) is 86.8 Å². The van der Waals surface area contributed by atoms with Crippen molar-refractivity contribution in [2.75, 3.05) is 10.8 Å². The second-order valence-electron chi connectivity index (χ2n) is 13.2. The molecule has 1 N–H and O–H groups in total. The van der Waals surface area contributed by atoms with Crippen LogP contribution in [0.4, 0.5) is 5.69 Å². The maximum absolute atomic E-state index is 14.8. The molecule has 1 aliphatic carbocycles. The fraction of sp³-hybridized carbons (Fsp3) is 0.350. The number of hydrogen-bond acceptors (Lipinski definition) is 4. The highest BCUT2D eigenvalue weighted by Gasteiger charge is 2.35. The third kappa shape index (κ3) is 8.53. The standard InChI is InChI=1S/C40H47N3O4S/c1-29(2)33-20-22-36(23-21-33)43(48(46,47)37-24-18-30(3)19-25-37)28-39(44)42(27-34-15-9-8-12-31(34)4)38(26-32-13-6-5-7-14-32)40(45)41-35-16-10-11-17-35/h5-9,12-15,18-25,29,35,38H,10-11,16-17,26-28H2,1-4H3,(H,41,45)/t38-/m1/s1. The summed E-state index contributed by atoms with van der Waals surface area (Å²) in [5, 5.41) is 3.23. The fourth-order valence-corrected chi connectivity index (χ4v) is 7.70. The second kappa shape index (κ2) is 15.6. The minimum Gasteiger partial charge on any atom is -0.352 e. The van der Waals surface area contributed by atoms with Gasteiger partial charge in [-0.3, -0.25) is 13.9 Å². The highest BCUT2D eigenvalue weighted by Crippen LogP contribution is 2.28. The van der Waals surface area contributed by atoms with E-state index in [1.807, 2.05) is 80.6 Å². The summed E-state index contributed by atoms with van der Waals surface area (Å²) in [7, 11) is -4.15. The summed E-state index contributed by atoms with van der Waals surface area (Å²) >= 11 is 0. The van der Waals surface area contributed by atoms with Crippen LogP contribution in [0.2, 0.25) is 0 Å². The zero-order valence-electron chi connectivity index (χ0n) is 28.4. The highest BCUT2D eigenvalue weighted by molar-refractivity contribution is 7.92. The van der Waals surface area contributed by atoms with Gasteiger partial charge in [0.25, 0.3) is 10.0 Å². The van der Waals surface area contributed by atoms with Gasteiger partial charge < -0.3 is 10.2 Å². The molecule has 4 aromatic rings. The van der Waals surface area contributed by atoms with Crippen LogP contribution in [0.1, 0.15) is 73.3 Å². The normalized spacial score (nSPS) is 14.1. The number of rotatable bonds is 13. The van der Waals surface area contributed by atoms with Crippen molar-refractivity contribution in [1.29, 1.82) is 0 Å². The van der Waals surface area contributed by atoms with E-state index >= 15 is 0 Å². The summed E-state index contributed by atoms with van der Waals surface area (Å²) in [6, 6.07) is 30.6. The van der Waals surface area contributed by atoms with E-state index in [4.69, 9.17) is 0 Å². The van der Waals surface area contributed by atoms with E-state index in [1.165, 1.54) is 4.31 Å². The maximum atomic E-state index is 14.8. The van der Waals surface area contributed by atoms with E-state index < -0.39 is 28.5 Å². The second-order valence-corrected chi connectivity index (χ2v) is 15.1. The van der Waals surface area contributed by atoms with Crippen LogP contribution in [0.5, 0.6) is 0 Å². The number of carbonyl (C=O) groups is 2. The number of benzene rings is 4. The van der Waals surface area contributed by atoms with Crippen LogP contribution in [-0.2, 0) is 32.6 Å². The Morgan fingerprint density at radius 2 is 1.44 bits per heavy atom. The predicted molar refractivity (Wildman–Crippen MR) is 192 cm³/mol. The highest BCUT2D eigenvalue weighted by atomic mass is 32.2. The van der Waals surface area contributed by atoms with Crippen molar-refractivity contribution in [3.05, 3.63) is 131 Å². The van der Waals surface area contributed by atoms with Crippen molar-refractivity contribution in [2.45, 2.75) is 89.2 Å². The monoisotopic (exact) mass is 665 g/mol. The third-order valence-corrected chi connectivity index (χ3v) is 11.1. The lowest BCUT2D eigenvalue weighted by Gasteiger charge is -2.34. The smallest absolute Gasteiger partial charge is 0.264 e. The lowest BCUT2D eigenvalue weighted by Crippen LogP contribution is -2.54. The van der Waals surface area contributed by atoms with Gasteiger partial charge in [0.2, 0.25) is 11.8 Å². The molecule has 0 aromatic heterocycles. The average molecular weight is 666 g/mol. The average Bonchev–Trinajstić information content (AvgIpc) is 3.59. The number of nitrogens with zero attached hydrogens (tertiary/aromatic N) is 2. The number of aryl methyl sites for hydroxylation is 2. The summed E-state index contributed by atoms with van der Waals surface area (Å²) in [5.74, 6) is -0.420. The van der Waals surface area contributed by atoms with Crippen molar-refractivity contribution in [3.8, 4) is 0 Å². The van der Waals surface area contributed by atoms with Gasteiger partial charge in [0, 0.05) is 19.0 Å². The number of anilines is 1. The van der Waals surface area contributed by atoms with Crippen molar-refractivity contribution in [2.24, 2.45) is 0 Å². The molecule has 0 spiro atoms. The number of carbonyl (C=O) groups excluding carboxylic acids is 2. The van der Waals surface area contributed by atoms with Gasteiger partial charge in [-0.15, -0.1) is 0 Å². The molecule has 0 bridgehead atoms. The Bertz CT molecular complexity index is 1780. The number of hydrogen-bond donors (Lipinski definition) is 1. The number of sulfonamides is 1. The molecule has 48 heavy (non-hydrogen) atoms. The molecule has 0 radical (unpaired) electrons.